The Kier molecular flexibility index (Phi) is 7.14. The quantitative estimate of drug-likeness (QED) is 0.850. The Morgan fingerprint density at radius 2 is 2.29 bits per heavy atom. The van der Waals surface area contributed by atoms with Gasteiger partial charge in [0.15, 0.2) is 0 Å². The third-order valence-corrected chi connectivity index (χ3v) is 3.66. The van der Waals surface area contributed by atoms with Crippen molar-refractivity contribution in [3.8, 4) is 5.75 Å². The standard InChI is InChI=1S/C14H17N3O2S.ClH/c1-19-11-4-2-3-10(7-11)5-6-16-14(18)12-9-20-13(8-15)17-12;/h2-4,7,9H,5-6,8,15H2,1H3,(H,16,18);1H. The zero-order valence-corrected chi connectivity index (χ0v) is 13.3. The lowest BCUT2D eigenvalue weighted by molar-refractivity contribution is 0.0949. The van der Waals surface area contributed by atoms with E-state index in [2.05, 4.69) is 10.3 Å². The predicted molar refractivity (Wildman–Crippen MR) is 86.3 cm³/mol. The van der Waals surface area contributed by atoms with E-state index < -0.39 is 0 Å². The lowest BCUT2D eigenvalue weighted by Gasteiger charge is -2.05. The molecule has 0 spiro atoms. The molecule has 1 aromatic heterocycles. The number of benzene rings is 1. The fourth-order valence-corrected chi connectivity index (χ4v) is 2.40. The molecule has 1 amide bonds. The van der Waals surface area contributed by atoms with E-state index in [0.29, 0.717) is 18.8 Å². The molecule has 0 aliphatic heterocycles. The van der Waals surface area contributed by atoms with Gasteiger partial charge in [-0.05, 0) is 24.1 Å². The van der Waals surface area contributed by atoms with Crippen molar-refractivity contribution in [3.63, 3.8) is 0 Å². The van der Waals surface area contributed by atoms with Gasteiger partial charge in [0.2, 0.25) is 0 Å². The van der Waals surface area contributed by atoms with E-state index in [0.717, 1.165) is 22.7 Å². The summed E-state index contributed by atoms with van der Waals surface area (Å²) in [6.07, 6.45) is 0.747. The minimum atomic E-state index is -0.163. The molecule has 0 aliphatic carbocycles. The SMILES string of the molecule is COc1cccc(CCNC(=O)c2csc(CN)n2)c1.Cl. The first kappa shape index (κ1) is 17.4. The highest BCUT2D eigenvalue weighted by Crippen LogP contribution is 2.13. The second-order valence-corrected chi connectivity index (χ2v) is 5.13. The van der Waals surface area contributed by atoms with Crippen molar-refractivity contribution >= 4 is 29.7 Å². The highest BCUT2D eigenvalue weighted by molar-refractivity contribution is 7.09. The van der Waals surface area contributed by atoms with Crippen LogP contribution in [0.25, 0.3) is 0 Å². The Hall–Kier alpha value is -1.63. The first-order valence-corrected chi connectivity index (χ1v) is 7.16. The highest BCUT2D eigenvalue weighted by atomic mass is 35.5. The molecule has 0 saturated carbocycles. The summed E-state index contributed by atoms with van der Waals surface area (Å²) >= 11 is 1.40. The Morgan fingerprint density at radius 1 is 1.48 bits per heavy atom. The van der Waals surface area contributed by atoms with Crippen molar-refractivity contribution in [2.75, 3.05) is 13.7 Å². The van der Waals surface area contributed by atoms with Gasteiger partial charge < -0.3 is 15.8 Å². The van der Waals surface area contributed by atoms with Crippen LogP contribution in [0.2, 0.25) is 0 Å². The normalized spacial score (nSPS) is 9.81. The summed E-state index contributed by atoms with van der Waals surface area (Å²) in [5.41, 5.74) is 7.02. The number of rotatable bonds is 6. The third kappa shape index (κ3) is 5.00. The molecule has 0 bridgehead atoms. The first-order valence-electron chi connectivity index (χ1n) is 6.28. The van der Waals surface area contributed by atoms with Crippen LogP contribution in [0, 0.1) is 0 Å². The van der Waals surface area contributed by atoms with Crippen LogP contribution in [-0.2, 0) is 13.0 Å². The maximum absolute atomic E-state index is 11.9. The van der Waals surface area contributed by atoms with E-state index >= 15 is 0 Å². The Labute approximate surface area is 133 Å². The zero-order valence-electron chi connectivity index (χ0n) is 11.7. The van der Waals surface area contributed by atoms with Crippen LogP contribution < -0.4 is 15.8 Å². The topological polar surface area (TPSA) is 77.2 Å². The van der Waals surface area contributed by atoms with E-state index in [1.54, 1.807) is 12.5 Å². The van der Waals surface area contributed by atoms with Crippen molar-refractivity contribution in [3.05, 3.63) is 45.9 Å². The molecule has 0 radical (unpaired) electrons. The van der Waals surface area contributed by atoms with Crippen LogP contribution in [-0.4, -0.2) is 24.5 Å². The first-order chi connectivity index (χ1) is 9.72. The van der Waals surface area contributed by atoms with Gasteiger partial charge in [0.25, 0.3) is 5.91 Å². The minimum Gasteiger partial charge on any atom is -0.497 e. The fourth-order valence-electron chi connectivity index (χ4n) is 1.75. The number of nitrogens with zero attached hydrogens (tertiary/aromatic N) is 1. The van der Waals surface area contributed by atoms with Gasteiger partial charge in [-0.1, -0.05) is 12.1 Å². The van der Waals surface area contributed by atoms with Gasteiger partial charge in [-0.2, -0.15) is 0 Å². The summed E-state index contributed by atoms with van der Waals surface area (Å²) < 4.78 is 5.16. The van der Waals surface area contributed by atoms with Crippen molar-refractivity contribution in [1.29, 1.82) is 0 Å². The van der Waals surface area contributed by atoms with Crippen LogP contribution in [0.15, 0.2) is 29.6 Å². The maximum Gasteiger partial charge on any atom is 0.270 e. The summed E-state index contributed by atoms with van der Waals surface area (Å²) in [6, 6.07) is 7.79. The van der Waals surface area contributed by atoms with E-state index in [9.17, 15) is 4.79 Å². The number of halogens is 1. The van der Waals surface area contributed by atoms with Gasteiger partial charge in [0.1, 0.15) is 16.5 Å². The molecule has 7 heteroatoms. The molecular formula is C14H18ClN3O2S. The van der Waals surface area contributed by atoms with Gasteiger partial charge >= 0.3 is 0 Å². The number of thiazole rings is 1. The van der Waals surface area contributed by atoms with Crippen LogP contribution in [0.5, 0.6) is 5.75 Å². The zero-order chi connectivity index (χ0) is 14.4. The molecule has 114 valence electrons. The number of methoxy groups -OCH3 is 1. The van der Waals surface area contributed by atoms with Crippen molar-refractivity contribution in [2.24, 2.45) is 5.73 Å². The molecule has 0 fully saturated rings. The number of carbonyl (C=O) groups is 1. The summed E-state index contributed by atoms with van der Waals surface area (Å²) in [4.78, 5) is 16.0. The molecule has 0 unspecified atom stereocenters. The summed E-state index contributed by atoms with van der Waals surface area (Å²) in [5, 5.41) is 5.34. The molecule has 2 rings (SSSR count). The molecule has 0 aliphatic rings. The van der Waals surface area contributed by atoms with Crippen molar-refractivity contribution < 1.29 is 9.53 Å². The molecule has 0 saturated heterocycles. The number of carbonyl (C=O) groups excluding carboxylic acids is 1. The van der Waals surface area contributed by atoms with Gasteiger partial charge in [0.05, 0.1) is 7.11 Å². The van der Waals surface area contributed by atoms with E-state index in [1.165, 1.54) is 11.3 Å². The summed E-state index contributed by atoms with van der Waals surface area (Å²) in [7, 11) is 1.64. The predicted octanol–water partition coefficient (Wildman–Crippen LogP) is 2.00. The monoisotopic (exact) mass is 327 g/mol. The van der Waals surface area contributed by atoms with Gasteiger partial charge in [-0.25, -0.2) is 4.98 Å². The average molecular weight is 328 g/mol. The number of hydrogen-bond donors (Lipinski definition) is 2. The smallest absolute Gasteiger partial charge is 0.270 e. The molecule has 3 N–H and O–H groups in total. The number of nitrogens with two attached hydrogens (primary N) is 1. The lowest BCUT2D eigenvalue weighted by Crippen LogP contribution is -2.26. The third-order valence-electron chi connectivity index (χ3n) is 2.79. The molecule has 21 heavy (non-hydrogen) atoms. The molecule has 1 aromatic carbocycles. The van der Waals surface area contributed by atoms with Crippen LogP contribution in [0.1, 0.15) is 21.1 Å². The Bertz CT molecular complexity index is 589. The van der Waals surface area contributed by atoms with Crippen molar-refractivity contribution in [1.82, 2.24) is 10.3 Å². The number of aromatic nitrogens is 1. The Morgan fingerprint density at radius 3 is 2.95 bits per heavy atom. The van der Waals surface area contributed by atoms with Crippen LogP contribution in [0.4, 0.5) is 0 Å². The number of amides is 1. The Balaban J connectivity index is 0.00000220. The lowest BCUT2D eigenvalue weighted by atomic mass is 10.1. The summed E-state index contributed by atoms with van der Waals surface area (Å²) in [5.74, 6) is 0.657. The molecule has 5 nitrogen and oxygen atoms in total. The van der Waals surface area contributed by atoms with E-state index in [4.69, 9.17) is 10.5 Å². The van der Waals surface area contributed by atoms with Crippen LogP contribution in [0.3, 0.4) is 0 Å². The average Bonchev–Trinajstić information content (AvgIpc) is 2.96. The van der Waals surface area contributed by atoms with Gasteiger partial charge in [-0.15, -0.1) is 23.7 Å². The van der Waals surface area contributed by atoms with Gasteiger partial charge in [0, 0.05) is 18.5 Å². The number of hydrogen-bond acceptors (Lipinski definition) is 5. The number of ether oxygens (including phenoxy) is 1. The van der Waals surface area contributed by atoms with Gasteiger partial charge in [-0.3, -0.25) is 4.79 Å². The number of nitrogens with one attached hydrogen (secondary N) is 1. The molecular weight excluding hydrogens is 310 g/mol. The van der Waals surface area contributed by atoms with Crippen molar-refractivity contribution in [2.45, 2.75) is 13.0 Å². The second kappa shape index (κ2) is 8.61. The summed E-state index contributed by atoms with van der Waals surface area (Å²) in [6.45, 7) is 0.920. The molecule has 0 atom stereocenters. The van der Waals surface area contributed by atoms with E-state index in [-0.39, 0.29) is 18.3 Å². The van der Waals surface area contributed by atoms with E-state index in [1.807, 2.05) is 24.3 Å². The minimum absolute atomic E-state index is 0. The molecule has 1 heterocycles. The van der Waals surface area contributed by atoms with Crippen LogP contribution >= 0.6 is 23.7 Å². The fraction of sp³-hybridized carbons (Fsp3) is 0.286. The molecule has 2 aromatic rings. The highest BCUT2D eigenvalue weighted by Gasteiger charge is 2.09. The maximum atomic E-state index is 11.9. The second-order valence-electron chi connectivity index (χ2n) is 4.19. The largest absolute Gasteiger partial charge is 0.497 e.